The lowest BCUT2D eigenvalue weighted by Gasteiger charge is -2.04. The second-order valence-electron chi connectivity index (χ2n) is 6.42. The van der Waals surface area contributed by atoms with E-state index >= 15 is 0 Å². The fraction of sp³-hybridized carbons (Fsp3) is 0.100. The zero-order valence-electron chi connectivity index (χ0n) is 15.8. The van der Waals surface area contributed by atoms with Crippen molar-refractivity contribution >= 4 is 11.9 Å². The van der Waals surface area contributed by atoms with Crippen molar-refractivity contribution in [1.29, 1.82) is 0 Å². The number of ether oxygens (including phenoxy) is 1. The molecule has 0 fully saturated rings. The Bertz CT molecular complexity index is 1190. The number of benzene rings is 2. The van der Waals surface area contributed by atoms with Crippen LogP contribution in [0, 0.1) is 5.82 Å². The van der Waals surface area contributed by atoms with E-state index in [4.69, 9.17) is 0 Å². The van der Waals surface area contributed by atoms with Gasteiger partial charge in [0.1, 0.15) is 23.6 Å². The molecule has 0 aliphatic carbocycles. The molecule has 0 atom stereocenters. The summed E-state index contributed by atoms with van der Waals surface area (Å²) in [7, 11) is 0. The Hall–Kier alpha value is -4.15. The summed E-state index contributed by atoms with van der Waals surface area (Å²) in [5.41, 5.74) is 1.91. The quantitative estimate of drug-likeness (QED) is 0.468. The number of carbonyl (C=O) groups excluding carboxylic acids is 1. The third-order valence-corrected chi connectivity index (χ3v) is 4.19. The van der Waals surface area contributed by atoms with Gasteiger partial charge in [-0.25, -0.2) is 14.1 Å². The van der Waals surface area contributed by atoms with Crippen LogP contribution in [0.3, 0.4) is 0 Å². The Morgan fingerprint density at radius 1 is 1.16 bits per heavy atom. The molecule has 158 valence electrons. The van der Waals surface area contributed by atoms with E-state index in [-0.39, 0.29) is 23.2 Å². The minimum atomic E-state index is -2.91. The van der Waals surface area contributed by atoms with Gasteiger partial charge in [-0.15, -0.1) is 5.10 Å². The molecule has 2 aromatic heterocycles. The Kier molecular flexibility index (Phi) is 5.65. The van der Waals surface area contributed by atoms with Gasteiger partial charge < -0.3 is 4.74 Å². The van der Waals surface area contributed by atoms with Gasteiger partial charge in [0.05, 0.1) is 12.2 Å². The summed E-state index contributed by atoms with van der Waals surface area (Å²) in [5, 5.41) is 13.3. The molecule has 0 saturated carbocycles. The third-order valence-electron chi connectivity index (χ3n) is 4.19. The summed E-state index contributed by atoms with van der Waals surface area (Å²) in [6.07, 6.45) is 1.42. The number of H-pyrrole nitrogens is 1. The van der Waals surface area contributed by atoms with Crippen LogP contribution < -0.4 is 10.1 Å². The highest BCUT2D eigenvalue weighted by molar-refractivity contribution is 6.02. The van der Waals surface area contributed by atoms with Gasteiger partial charge in [0.25, 0.3) is 5.91 Å². The van der Waals surface area contributed by atoms with Crippen LogP contribution in [0.4, 0.5) is 19.1 Å². The molecule has 2 N–H and O–H groups in total. The number of aromatic amines is 1. The normalized spacial score (nSPS) is 11.0. The lowest BCUT2D eigenvalue weighted by atomic mass is 10.1. The number of carbonyl (C=O) groups is 1. The van der Waals surface area contributed by atoms with Crippen LogP contribution in [0.2, 0.25) is 0 Å². The van der Waals surface area contributed by atoms with E-state index in [0.29, 0.717) is 23.4 Å². The number of amides is 1. The fourth-order valence-electron chi connectivity index (χ4n) is 2.81. The summed E-state index contributed by atoms with van der Waals surface area (Å²) in [4.78, 5) is 16.4. The molecule has 2 heterocycles. The van der Waals surface area contributed by atoms with Crippen LogP contribution in [0.25, 0.3) is 11.3 Å². The first kappa shape index (κ1) is 20.1. The maximum Gasteiger partial charge on any atom is 0.387 e. The lowest BCUT2D eigenvalue weighted by molar-refractivity contribution is -0.0498. The molecule has 2 aromatic carbocycles. The van der Waals surface area contributed by atoms with Crippen molar-refractivity contribution in [2.24, 2.45) is 0 Å². The molecule has 0 radical (unpaired) electrons. The van der Waals surface area contributed by atoms with E-state index in [2.05, 4.69) is 30.3 Å². The number of halogens is 3. The second-order valence-corrected chi connectivity index (χ2v) is 6.42. The van der Waals surface area contributed by atoms with Crippen molar-refractivity contribution in [3.05, 3.63) is 78.0 Å². The molecule has 11 heteroatoms. The molecule has 0 bridgehead atoms. The highest BCUT2D eigenvalue weighted by atomic mass is 19.3. The molecule has 1 amide bonds. The van der Waals surface area contributed by atoms with Gasteiger partial charge >= 0.3 is 6.61 Å². The SMILES string of the molecule is O=C(Nc1ncn(Cc2cccc(F)c2)n1)c1cc(-c2ccc(OC(F)F)cc2)n[nH]1. The Labute approximate surface area is 173 Å². The Morgan fingerprint density at radius 3 is 2.71 bits per heavy atom. The second kappa shape index (κ2) is 8.69. The number of hydrogen-bond donors (Lipinski definition) is 2. The maximum atomic E-state index is 13.3. The van der Waals surface area contributed by atoms with Crippen molar-refractivity contribution in [2.45, 2.75) is 13.2 Å². The fourth-order valence-corrected chi connectivity index (χ4v) is 2.81. The van der Waals surface area contributed by atoms with Crippen molar-refractivity contribution in [3.8, 4) is 17.0 Å². The number of aromatic nitrogens is 5. The number of alkyl halides is 2. The molecule has 4 aromatic rings. The van der Waals surface area contributed by atoms with E-state index in [1.807, 2.05) is 0 Å². The molecule has 4 rings (SSSR count). The smallest absolute Gasteiger partial charge is 0.387 e. The zero-order valence-corrected chi connectivity index (χ0v) is 15.8. The van der Waals surface area contributed by atoms with Crippen LogP contribution in [0.15, 0.2) is 60.9 Å². The number of nitrogens with one attached hydrogen (secondary N) is 2. The summed E-state index contributed by atoms with van der Waals surface area (Å²) in [6.45, 7) is -2.61. The molecular weight excluding hydrogens is 413 g/mol. The van der Waals surface area contributed by atoms with Crippen molar-refractivity contribution < 1.29 is 22.7 Å². The van der Waals surface area contributed by atoms with E-state index in [9.17, 15) is 18.0 Å². The van der Waals surface area contributed by atoms with Crippen molar-refractivity contribution in [3.63, 3.8) is 0 Å². The topological polar surface area (TPSA) is 97.7 Å². The first-order chi connectivity index (χ1) is 15.0. The zero-order chi connectivity index (χ0) is 21.8. The van der Waals surface area contributed by atoms with E-state index in [1.54, 1.807) is 24.3 Å². The predicted molar refractivity (Wildman–Crippen MR) is 104 cm³/mol. The number of nitrogens with zero attached hydrogens (tertiary/aromatic N) is 4. The van der Waals surface area contributed by atoms with Crippen LogP contribution >= 0.6 is 0 Å². The Balaban J connectivity index is 1.40. The number of anilines is 1. The molecule has 0 aliphatic rings. The van der Waals surface area contributed by atoms with E-state index in [1.165, 1.54) is 41.3 Å². The van der Waals surface area contributed by atoms with Crippen molar-refractivity contribution in [1.82, 2.24) is 25.0 Å². The number of hydrogen-bond acceptors (Lipinski definition) is 5. The third kappa shape index (κ3) is 5.07. The van der Waals surface area contributed by atoms with Crippen LogP contribution in [0.5, 0.6) is 5.75 Å². The van der Waals surface area contributed by atoms with Gasteiger partial charge in [0.15, 0.2) is 0 Å². The minimum Gasteiger partial charge on any atom is -0.435 e. The van der Waals surface area contributed by atoms with Crippen LogP contribution in [0.1, 0.15) is 16.1 Å². The van der Waals surface area contributed by atoms with E-state index in [0.717, 1.165) is 0 Å². The molecule has 0 spiro atoms. The summed E-state index contributed by atoms with van der Waals surface area (Å²) < 4.78 is 43.5. The lowest BCUT2D eigenvalue weighted by Crippen LogP contribution is -2.14. The summed E-state index contributed by atoms with van der Waals surface area (Å²) in [6, 6.07) is 13.4. The van der Waals surface area contributed by atoms with E-state index < -0.39 is 12.5 Å². The molecule has 0 saturated heterocycles. The van der Waals surface area contributed by atoms with Gasteiger partial charge in [-0.1, -0.05) is 12.1 Å². The average molecular weight is 428 g/mol. The first-order valence-corrected chi connectivity index (χ1v) is 9.02. The summed E-state index contributed by atoms with van der Waals surface area (Å²) in [5.74, 6) is -0.768. The summed E-state index contributed by atoms with van der Waals surface area (Å²) >= 11 is 0. The average Bonchev–Trinajstić information content (AvgIpc) is 3.38. The van der Waals surface area contributed by atoms with Gasteiger partial charge in [-0.2, -0.15) is 13.9 Å². The molecule has 0 unspecified atom stereocenters. The Morgan fingerprint density at radius 2 is 1.97 bits per heavy atom. The molecule has 8 nitrogen and oxygen atoms in total. The highest BCUT2D eigenvalue weighted by Gasteiger charge is 2.14. The van der Waals surface area contributed by atoms with Gasteiger partial charge in [0, 0.05) is 5.56 Å². The molecule has 0 aliphatic heterocycles. The van der Waals surface area contributed by atoms with Gasteiger partial charge in [0.2, 0.25) is 5.95 Å². The van der Waals surface area contributed by atoms with Gasteiger partial charge in [-0.3, -0.25) is 15.2 Å². The van der Waals surface area contributed by atoms with Gasteiger partial charge in [-0.05, 0) is 48.0 Å². The first-order valence-electron chi connectivity index (χ1n) is 9.02. The van der Waals surface area contributed by atoms with Crippen LogP contribution in [-0.2, 0) is 6.54 Å². The number of rotatable bonds is 7. The van der Waals surface area contributed by atoms with Crippen molar-refractivity contribution in [2.75, 3.05) is 5.32 Å². The maximum absolute atomic E-state index is 13.3. The van der Waals surface area contributed by atoms with Crippen LogP contribution in [-0.4, -0.2) is 37.5 Å². The predicted octanol–water partition coefficient (Wildman–Crippen LogP) is 3.71. The standard InChI is InChI=1S/C20H15F3N6O2/c21-14-3-1-2-12(8-14)10-29-11-24-20(28-29)25-18(30)17-9-16(26-27-17)13-4-6-15(7-5-13)31-19(22)23/h1-9,11,19H,10H2,(H,26,27)(H,25,28,30). The minimum absolute atomic E-state index is 0.0205. The molecule has 31 heavy (non-hydrogen) atoms. The largest absolute Gasteiger partial charge is 0.435 e. The molecular formula is C20H15F3N6O2. The highest BCUT2D eigenvalue weighted by Crippen LogP contribution is 2.22. The monoisotopic (exact) mass is 428 g/mol.